The number of methoxy groups -OCH3 is 3. The van der Waals surface area contributed by atoms with Crippen molar-refractivity contribution >= 4 is 22.2 Å². The van der Waals surface area contributed by atoms with Crippen LogP contribution in [0.15, 0.2) is 52.9 Å². The highest BCUT2D eigenvalue weighted by Crippen LogP contribution is 2.40. The van der Waals surface area contributed by atoms with Gasteiger partial charge in [0.2, 0.25) is 5.13 Å². The number of aryl methyl sites for hydroxylation is 1. The maximum atomic E-state index is 5.51. The molecule has 29 heavy (non-hydrogen) atoms. The van der Waals surface area contributed by atoms with E-state index >= 15 is 0 Å². The van der Waals surface area contributed by atoms with E-state index in [1.165, 1.54) is 0 Å². The molecule has 1 aliphatic rings. The topological polar surface area (TPSA) is 56.2 Å². The number of hydrazone groups is 1. The van der Waals surface area contributed by atoms with E-state index in [4.69, 9.17) is 19.3 Å². The molecule has 0 radical (unpaired) electrons. The molecule has 1 aromatic heterocycles. The number of thiazole rings is 1. The fraction of sp³-hybridized carbons (Fsp3) is 0.273. The number of nitrogens with zero attached hydrogens (tertiary/aromatic N) is 3. The minimum Gasteiger partial charge on any atom is -0.497 e. The standard InChI is InChI=1S/C22H23N3O3S/c1-14-13-29-22(23-14)25-19(16-7-10-20(27-3)21(11-16)28-4)12-18(24-25)15-5-8-17(26-2)9-6-15/h5-11,13,19H,12H2,1-4H3/t19-/m0/s1. The van der Waals surface area contributed by atoms with E-state index in [9.17, 15) is 0 Å². The molecule has 1 aliphatic heterocycles. The summed E-state index contributed by atoms with van der Waals surface area (Å²) in [4.78, 5) is 4.66. The SMILES string of the molecule is COc1ccc(C2=NN(c3nc(C)cs3)[C@H](c3ccc(OC)c(OC)c3)C2)cc1. The summed E-state index contributed by atoms with van der Waals surface area (Å²) in [6, 6.07) is 14.0. The summed E-state index contributed by atoms with van der Waals surface area (Å²) in [7, 11) is 4.96. The Bertz CT molecular complexity index is 1030. The lowest BCUT2D eigenvalue weighted by Gasteiger charge is -2.22. The van der Waals surface area contributed by atoms with Gasteiger partial charge in [-0.15, -0.1) is 11.3 Å². The Kier molecular flexibility index (Phi) is 5.40. The van der Waals surface area contributed by atoms with Crippen LogP contribution in [0, 0.1) is 6.92 Å². The molecule has 0 fully saturated rings. The summed E-state index contributed by atoms with van der Waals surface area (Å²) in [5, 5.41) is 9.87. The molecule has 0 amide bonds. The van der Waals surface area contributed by atoms with Crippen molar-refractivity contribution in [1.82, 2.24) is 4.98 Å². The van der Waals surface area contributed by atoms with E-state index in [0.29, 0.717) is 11.5 Å². The lowest BCUT2D eigenvalue weighted by atomic mass is 9.98. The average Bonchev–Trinajstić information content (AvgIpc) is 3.39. The molecule has 0 aliphatic carbocycles. The van der Waals surface area contributed by atoms with E-state index in [1.54, 1.807) is 32.7 Å². The van der Waals surface area contributed by atoms with Gasteiger partial charge in [-0.25, -0.2) is 9.99 Å². The van der Waals surface area contributed by atoms with Gasteiger partial charge < -0.3 is 14.2 Å². The Labute approximate surface area is 174 Å². The van der Waals surface area contributed by atoms with Gasteiger partial charge >= 0.3 is 0 Å². The van der Waals surface area contributed by atoms with Crippen LogP contribution in [0.1, 0.15) is 29.3 Å². The number of ether oxygens (including phenoxy) is 3. The Morgan fingerprint density at radius 1 is 0.966 bits per heavy atom. The molecule has 0 unspecified atom stereocenters. The Morgan fingerprint density at radius 3 is 2.34 bits per heavy atom. The van der Waals surface area contributed by atoms with Gasteiger partial charge in [0.1, 0.15) is 5.75 Å². The van der Waals surface area contributed by atoms with E-state index in [-0.39, 0.29) is 6.04 Å². The third-order valence-electron chi connectivity index (χ3n) is 4.93. The molecule has 0 saturated heterocycles. The summed E-state index contributed by atoms with van der Waals surface area (Å²) in [6.45, 7) is 2.00. The largest absolute Gasteiger partial charge is 0.497 e. The highest BCUT2D eigenvalue weighted by atomic mass is 32.1. The third kappa shape index (κ3) is 3.78. The summed E-state index contributed by atoms with van der Waals surface area (Å²) in [6.07, 6.45) is 0.764. The fourth-order valence-corrected chi connectivity index (χ4v) is 4.21. The first-order chi connectivity index (χ1) is 14.1. The van der Waals surface area contributed by atoms with Gasteiger partial charge in [0.25, 0.3) is 0 Å². The van der Waals surface area contributed by atoms with Gasteiger partial charge in [-0.1, -0.05) is 6.07 Å². The fourth-order valence-electron chi connectivity index (χ4n) is 3.41. The van der Waals surface area contributed by atoms with Crippen LogP contribution < -0.4 is 19.2 Å². The summed E-state index contributed by atoms with van der Waals surface area (Å²) < 4.78 is 16.2. The first-order valence-electron chi connectivity index (χ1n) is 9.28. The van der Waals surface area contributed by atoms with Crippen LogP contribution in [0.25, 0.3) is 0 Å². The molecule has 2 heterocycles. The molecule has 2 aromatic carbocycles. The highest BCUT2D eigenvalue weighted by molar-refractivity contribution is 7.13. The van der Waals surface area contributed by atoms with Gasteiger partial charge in [0.15, 0.2) is 11.5 Å². The molecule has 7 heteroatoms. The molecule has 0 N–H and O–H groups in total. The number of aromatic nitrogens is 1. The van der Waals surface area contributed by atoms with Crippen LogP contribution in [-0.4, -0.2) is 32.0 Å². The number of hydrogen-bond acceptors (Lipinski definition) is 7. The zero-order valence-electron chi connectivity index (χ0n) is 16.9. The van der Waals surface area contributed by atoms with E-state index < -0.39 is 0 Å². The maximum Gasteiger partial charge on any atom is 0.206 e. The van der Waals surface area contributed by atoms with Gasteiger partial charge in [0, 0.05) is 11.8 Å². The first-order valence-corrected chi connectivity index (χ1v) is 10.2. The molecule has 150 valence electrons. The zero-order chi connectivity index (χ0) is 20.4. The average molecular weight is 410 g/mol. The maximum absolute atomic E-state index is 5.51. The normalized spacial score (nSPS) is 15.9. The Balaban J connectivity index is 1.72. The lowest BCUT2D eigenvalue weighted by molar-refractivity contribution is 0.354. The van der Waals surface area contributed by atoms with E-state index in [1.807, 2.05) is 53.7 Å². The van der Waals surface area contributed by atoms with Crippen molar-refractivity contribution in [3.05, 3.63) is 64.7 Å². The Hall–Kier alpha value is -3.06. The second-order valence-corrected chi connectivity index (χ2v) is 7.56. The lowest BCUT2D eigenvalue weighted by Crippen LogP contribution is -2.18. The molecule has 4 rings (SSSR count). The quantitative estimate of drug-likeness (QED) is 0.583. The number of anilines is 1. The van der Waals surface area contributed by atoms with E-state index in [2.05, 4.69) is 11.1 Å². The smallest absolute Gasteiger partial charge is 0.206 e. The van der Waals surface area contributed by atoms with Crippen molar-refractivity contribution < 1.29 is 14.2 Å². The first kappa shape index (κ1) is 19.3. The van der Waals surface area contributed by atoms with Crippen molar-refractivity contribution in [3.63, 3.8) is 0 Å². The second-order valence-electron chi connectivity index (χ2n) is 6.73. The predicted octanol–water partition coefficient (Wildman–Crippen LogP) is 4.83. The van der Waals surface area contributed by atoms with Crippen molar-refractivity contribution in [3.8, 4) is 17.2 Å². The summed E-state index contributed by atoms with van der Waals surface area (Å²) in [5.41, 5.74) is 4.18. The molecule has 6 nitrogen and oxygen atoms in total. The number of hydrogen-bond donors (Lipinski definition) is 0. The van der Waals surface area contributed by atoms with Crippen LogP contribution in [0.4, 0.5) is 5.13 Å². The summed E-state index contributed by atoms with van der Waals surface area (Å²) in [5.74, 6) is 2.25. The number of rotatable bonds is 6. The van der Waals surface area contributed by atoms with Crippen LogP contribution in [0.5, 0.6) is 17.2 Å². The summed E-state index contributed by atoms with van der Waals surface area (Å²) >= 11 is 1.60. The molecule has 3 aromatic rings. The molecular weight excluding hydrogens is 386 g/mol. The number of benzene rings is 2. The van der Waals surface area contributed by atoms with Gasteiger partial charge in [-0.2, -0.15) is 5.10 Å². The van der Waals surface area contributed by atoms with Gasteiger partial charge in [0.05, 0.1) is 38.8 Å². The van der Waals surface area contributed by atoms with Crippen molar-refractivity contribution in [2.75, 3.05) is 26.3 Å². The van der Waals surface area contributed by atoms with Gasteiger partial charge in [-0.3, -0.25) is 0 Å². The molecule has 1 atom stereocenters. The highest BCUT2D eigenvalue weighted by Gasteiger charge is 2.32. The second kappa shape index (κ2) is 8.13. The molecular formula is C22H23N3O3S. The molecule has 0 spiro atoms. The van der Waals surface area contributed by atoms with Crippen LogP contribution in [-0.2, 0) is 0 Å². The van der Waals surface area contributed by atoms with Crippen LogP contribution in [0.3, 0.4) is 0 Å². The molecule has 0 saturated carbocycles. The van der Waals surface area contributed by atoms with Gasteiger partial charge in [-0.05, 0) is 54.4 Å². The zero-order valence-corrected chi connectivity index (χ0v) is 17.7. The van der Waals surface area contributed by atoms with Crippen molar-refractivity contribution in [1.29, 1.82) is 0 Å². The predicted molar refractivity (Wildman–Crippen MR) is 116 cm³/mol. The molecule has 0 bridgehead atoms. The minimum absolute atomic E-state index is 0.0254. The third-order valence-corrected chi connectivity index (χ3v) is 5.88. The van der Waals surface area contributed by atoms with Crippen LogP contribution >= 0.6 is 11.3 Å². The van der Waals surface area contributed by atoms with Crippen LogP contribution in [0.2, 0.25) is 0 Å². The Morgan fingerprint density at radius 2 is 1.72 bits per heavy atom. The van der Waals surface area contributed by atoms with Crippen molar-refractivity contribution in [2.24, 2.45) is 5.10 Å². The van der Waals surface area contributed by atoms with E-state index in [0.717, 1.165) is 39.8 Å². The van der Waals surface area contributed by atoms with Crippen molar-refractivity contribution in [2.45, 2.75) is 19.4 Å². The minimum atomic E-state index is 0.0254. The monoisotopic (exact) mass is 409 g/mol.